The van der Waals surface area contributed by atoms with Gasteiger partial charge in [-0.2, -0.15) is 0 Å². The molecule has 0 saturated heterocycles. The van der Waals surface area contributed by atoms with Crippen LogP contribution in [0.1, 0.15) is 10.5 Å². The lowest BCUT2D eigenvalue weighted by atomic mass is 10.1. The smallest absolute Gasteiger partial charge is 0.267 e. The molecule has 104 valence electrons. The molecule has 6 nitrogen and oxygen atoms in total. The van der Waals surface area contributed by atoms with Gasteiger partial charge in [0.05, 0.1) is 0 Å². The Bertz CT molecular complexity index is 833. The molecule has 2 aromatic heterocycles. The summed E-state index contributed by atoms with van der Waals surface area (Å²) in [6.07, 6.45) is 3.12. The Balaban J connectivity index is 2.04. The Morgan fingerprint density at radius 3 is 2.76 bits per heavy atom. The number of anilines is 1. The van der Waals surface area contributed by atoms with Crippen molar-refractivity contribution in [3.05, 3.63) is 54.5 Å². The standard InChI is InChI=1S/C15H12N4O2/c16-11-3-4-13(14-10(11)2-1-6-19-14)21-9-5-7-18-12(8-9)15(17)20/h1-8H,16H2,(H2,17,20). The highest BCUT2D eigenvalue weighted by Gasteiger charge is 2.09. The molecule has 0 spiro atoms. The highest BCUT2D eigenvalue weighted by Crippen LogP contribution is 2.31. The Hall–Kier alpha value is -3.15. The fourth-order valence-corrected chi connectivity index (χ4v) is 1.99. The lowest BCUT2D eigenvalue weighted by Gasteiger charge is -2.10. The van der Waals surface area contributed by atoms with Gasteiger partial charge in [-0.15, -0.1) is 0 Å². The minimum absolute atomic E-state index is 0.139. The van der Waals surface area contributed by atoms with Crippen LogP contribution in [-0.4, -0.2) is 15.9 Å². The zero-order valence-electron chi connectivity index (χ0n) is 11.0. The lowest BCUT2D eigenvalue weighted by Crippen LogP contribution is -2.12. The van der Waals surface area contributed by atoms with E-state index in [-0.39, 0.29) is 5.69 Å². The van der Waals surface area contributed by atoms with Crippen molar-refractivity contribution in [1.82, 2.24) is 9.97 Å². The number of pyridine rings is 2. The molecule has 0 unspecified atom stereocenters. The van der Waals surface area contributed by atoms with E-state index in [1.54, 1.807) is 30.5 Å². The number of nitrogen functional groups attached to an aromatic ring is 1. The third-order valence-corrected chi connectivity index (χ3v) is 2.98. The molecule has 0 saturated carbocycles. The first-order valence-electron chi connectivity index (χ1n) is 6.22. The molecule has 3 aromatic rings. The van der Waals surface area contributed by atoms with Crippen molar-refractivity contribution < 1.29 is 9.53 Å². The van der Waals surface area contributed by atoms with Crippen molar-refractivity contribution in [1.29, 1.82) is 0 Å². The van der Waals surface area contributed by atoms with Gasteiger partial charge in [0.1, 0.15) is 17.0 Å². The number of fused-ring (bicyclic) bond motifs is 1. The van der Waals surface area contributed by atoms with Crippen LogP contribution in [0.4, 0.5) is 5.69 Å². The quantitative estimate of drug-likeness (QED) is 0.715. The number of amides is 1. The second-order valence-electron chi connectivity index (χ2n) is 4.40. The summed E-state index contributed by atoms with van der Waals surface area (Å²) in [5.41, 5.74) is 12.5. The third-order valence-electron chi connectivity index (χ3n) is 2.98. The molecule has 4 N–H and O–H groups in total. The second-order valence-corrected chi connectivity index (χ2v) is 4.40. The molecule has 1 aromatic carbocycles. The predicted octanol–water partition coefficient (Wildman–Crippen LogP) is 2.10. The number of hydrogen-bond donors (Lipinski definition) is 2. The highest BCUT2D eigenvalue weighted by atomic mass is 16.5. The first kappa shape index (κ1) is 12.9. The van der Waals surface area contributed by atoms with Gasteiger partial charge >= 0.3 is 0 Å². The Kier molecular flexibility index (Phi) is 3.12. The van der Waals surface area contributed by atoms with Gasteiger partial charge in [-0.05, 0) is 30.3 Å². The van der Waals surface area contributed by atoms with Crippen LogP contribution in [0.5, 0.6) is 11.5 Å². The van der Waals surface area contributed by atoms with Gasteiger partial charge in [-0.25, -0.2) is 0 Å². The first-order valence-corrected chi connectivity index (χ1v) is 6.22. The van der Waals surface area contributed by atoms with E-state index in [9.17, 15) is 4.79 Å². The van der Waals surface area contributed by atoms with Crippen LogP contribution >= 0.6 is 0 Å². The van der Waals surface area contributed by atoms with Crippen LogP contribution < -0.4 is 16.2 Å². The molecular weight excluding hydrogens is 268 g/mol. The molecule has 2 heterocycles. The molecule has 1 amide bonds. The minimum atomic E-state index is -0.610. The summed E-state index contributed by atoms with van der Waals surface area (Å²) in [7, 11) is 0. The van der Waals surface area contributed by atoms with Crippen molar-refractivity contribution in [2.24, 2.45) is 5.73 Å². The van der Waals surface area contributed by atoms with Gasteiger partial charge in [-0.1, -0.05) is 0 Å². The Morgan fingerprint density at radius 1 is 1.10 bits per heavy atom. The second kappa shape index (κ2) is 5.09. The topological polar surface area (TPSA) is 104 Å². The summed E-state index contributed by atoms with van der Waals surface area (Å²) in [4.78, 5) is 19.3. The molecule has 0 fully saturated rings. The third kappa shape index (κ3) is 2.46. The van der Waals surface area contributed by atoms with Crippen molar-refractivity contribution in [3.63, 3.8) is 0 Å². The summed E-state index contributed by atoms with van der Waals surface area (Å²) in [5.74, 6) is 0.387. The van der Waals surface area contributed by atoms with Gasteiger partial charge in [0.15, 0.2) is 5.75 Å². The average molecular weight is 280 g/mol. The number of rotatable bonds is 3. The number of nitrogens with two attached hydrogens (primary N) is 2. The van der Waals surface area contributed by atoms with Crippen LogP contribution in [0.15, 0.2) is 48.8 Å². The van der Waals surface area contributed by atoms with Crippen molar-refractivity contribution in [2.75, 3.05) is 5.73 Å². The fraction of sp³-hybridized carbons (Fsp3) is 0. The first-order chi connectivity index (χ1) is 10.1. The van der Waals surface area contributed by atoms with Crippen LogP contribution in [0.2, 0.25) is 0 Å². The fourth-order valence-electron chi connectivity index (χ4n) is 1.99. The van der Waals surface area contributed by atoms with E-state index in [4.69, 9.17) is 16.2 Å². The zero-order chi connectivity index (χ0) is 14.8. The summed E-state index contributed by atoms with van der Waals surface area (Å²) < 4.78 is 5.77. The number of ether oxygens (including phenoxy) is 1. The number of benzene rings is 1. The van der Waals surface area contributed by atoms with Crippen molar-refractivity contribution in [3.8, 4) is 11.5 Å². The van der Waals surface area contributed by atoms with Gasteiger partial charge < -0.3 is 16.2 Å². The molecule has 0 aliphatic heterocycles. The number of aromatic nitrogens is 2. The molecule has 0 aliphatic carbocycles. The van der Waals surface area contributed by atoms with Crippen LogP contribution in [-0.2, 0) is 0 Å². The normalized spacial score (nSPS) is 10.5. The summed E-state index contributed by atoms with van der Waals surface area (Å²) >= 11 is 0. The van der Waals surface area contributed by atoms with Crippen molar-refractivity contribution in [2.45, 2.75) is 0 Å². The summed E-state index contributed by atoms with van der Waals surface area (Å²) in [6.45, 7) is 0. The average Bonchev–Trinajstić information content (AvgIpc) is 2.51. The highest BCUT2D eigenvalue weighted by molar-refractivity contribution is 5.94. The molecular formula is C15H12N4O2. The number of carbonyl (C=O) groups is 1. The number of carbonyl (C=O) groups excluding carboxylic acids is 1. The van der Waals surface area contributed by atoms with Crippen molar-refractivity contribution >= 4 is 22.5 Å². The predicted molar refractivity (Wildman–Crippen MR) is 79.0 cm³/mol. The van der Waals surface area contributed by atoms with E-state index in [1.807, 2.05) is 6.07 Å². The van der Waals surface area contributed by atoms with E-state index >= 15 is 0 Å². The summed E-state index contributed by atoms with van der Waals surface area (Å²) in [5, 5.41) is 0.805. The molecule has 0 radical (unpaired) electrons. The van der Waals surface area contributed by atoms with E-state index in [0.717, 1.165) is 5.39 Å². The maximum Gasteiger partial charge on any atom is 0.267 e. The monoisotopic (exact) mass is 280 g/mol. The molecule has 0 aliphatic rings. The summed E-state index contributed by atoms with van der Waals surface area (Å²) in [6, 6.07) is 10.3. The van der Waals surface area contributed by atoms with E-state index in [1.165, 1.54) is 12.3 Å². The SMILES string of the molecule is NC(=O)c1cc(Oc2ccc(N)c3cccnc23)ccn1. The van der Waals surface area contributed by atoms with Gasteiger partial charge in [0.25, 0.3) is 5.91 Å². The number of hydrogen-bond acceptors (Lipinski definition) is 5. The van der Waals surface area contributed by atoms with E-state index in [2.05, 4.69) is 9.97 Å². The maximum atomic E-state index is 11.1. The minimum Gasteiger partial charge on any atom is -0.455 e. The van der Waals surface area contributed by atoms with Crippen LogP contribution in [0.3, 0.4) is 0 Å². The molecule has 6 heteroatoms. The van der Waals surface area contributed by atoms with Gasteiger partial charge in [0, 0.05) is 29.5 Å². The lowest BCUT2D eigenvalue weighted by molar-refractivity contribution is 0.0995. The molecule has 21 heavy (non-hydrogen) atoms. The van der Waals surface area contributed by atoms with Crippen LogP contribution in [0, 0.1) is 0 Å². The Morgan fingerprint density at radius 2 is 1.95 bits per heavy atom. The van der Waals surface area contributed by atoms with E-state index in [0.29, 0.717) is 22.7 Å². The Labute approximate surface area is 120 Å². The molecule has 0 atom stereocenters. The largest absolute Gasteiger partial charge is 0.455 e. The number of primary amides is 1. The maximum absolute atomic E-state index is 11.1. The van der Waals surface area contributed by atoms with Gasteiger partial charge in [0.2, 0.25) is 0 Å². The van der Waals surface area contributed by atoms with E-state index < -0.39 is 5.91 Å². The molecule has 3 rings (SSSR count). The molecule has 0 bridgehead atoms. The van der Waals surface area contributed by atoms with Gasteiger partial charge in [-0.3, -0.25) is 14.8 Å². The van der Waals surface area contributed by atoms with Crippen LogP contribution in [0.25, 0.3) is 10.9 Å². The number of nitrogens with zero attached hydrogens (tertiary/aromatic N) is 2. The zero-order valence-corrected chi connectivity index (χ0v) is 11.0.